The topological polar surface area (TPSA) is 50.7 Å². The molecule has 106 valence electrons. The summed E-state index contributed by atoms with van der Waals surface area (Å²) in [5.41, 5.74) is 1.51. The molecule has 20 heavy (non-hydrogen) atoms. The van der Waals surface area contributed by atoms with E-state index in [4.69, 9.17) is 11.6 Å². The zero-order chi connectivity index (χ0) is 14.8. The van der Waals surface area contributed by atoms with Crippen LogP contribution in [-0.2, 0) is 12.7 Å². The van der Waals surface area contributed by atoms with Gasteiger partial charge in [0.2, 0.25) is 5.82 Å². The Bertz CT molecular complexity index is 616. The van der Waals surface area contributed by atoms with Gasteiger partial charge < -0.3 is 5.32 Å². The number of nitrogens with one attached hydrogen (secondary N) is 1. The molecule has 0 aliphatic carbocycles. The van der Waals surface area contributed by atoms with Crippen molar-refractivity contribution in [3.8, 4) is 0 Å². The molecule has 0 fully saturated rings. The average molecular weight is 303 g/mol. The summed E-state index contributed by atoms with van der Waals surface area (Å²) in [5.74, 6) is -1.27. The van der Waals surface area contributed by atoms with Crippen LogP contribution < -0.4 is 5.32 Å². The molecule has 0 aliphatic heterocycles. The van der Waals surface area contributed by atoms with E-state index in [1.165, 1.54) is 6.07 Å². The van der Waals surface area contributed by atoms with Gasteiger partial charge in [-0.2, -0.15) is 13.2 Å². The van der Waals surface area contributed by atoms with Crippen LogP contribution in [0.15, 0.2) is 24.3 Å². The summed E-state index contributed by atoms with van der Waals surface area (Å²) in [4.78, 5) is 10.8. The maximum absolute atomic E-state index is 12.5. The highest BCUT2D eigenvalue weighted by atomic mass is 35.5. The summed E-state index contributed by atoms with van der Waals surface area (Å²) in [6.07, 6.45) is -4.64. The SMILES string of the molecule is Cc1cccc(CNc2cc(Cl)nc(C(F)(F)F)n2)n1. The van der Waals surface area contributed by atoms with Gasteiger partial charge in [0, 0.05) is 11.8 Å². The molecule has 0 aromatic carbocycles. The van der Waals surface area contributed by atoms with Gasteiger partial charge in [-0.25, -0.2) is 9.97 Å². The Morgan fingerprint density at radius 3 is 2.60 bits per heavy atom. The number of nitrogens with zero attached hydrogens (tertiary/aromatic N) is 3. The predicted octanol–water partition coefficient (Wildman–Crippen LogP) is 3.46. The van der Waals surface area contributed by atoms with Gasteiger partial charge in [-0.1, -0.05) is 17.7 Å². The molecule has 0 aliphatic rings. The van der Waals surface area contributed by atoms with Crippen molar-refractivity contribution in [1.29, 1.82) is 0 Å². The summed E-state index contributed by atoms with van der Waals surface area (Å²) in [7, 11) is 0. The van der Waals surface area contributed by atoms with Crippen molar-refractivity contribution in [3.63, 3.8) is 0 Å². The lowest BCUT2D eigenvalue weighted by Crippen LogP contribution is -2.13. The summed E-state index contributed by atoms with van der Waals surface area (Å²) < 4.78 is 37.6. The van der Waals surface area contributed by atoms with Crippen molar-refractivity contribution >= 4 is 17.4 Å². The third kappa shape index (κ3) is 3.80. The molecule has 0 saturated heterocycles. The molecule has 0 atom stereocenters. The zero-order valence-corrected chi connectivity index (χ0v) is 11.1. The molecular weight excluding hydrogens is 293 g/mol. The van der Waals surface area contributed by atoms with E-state index in [0.717, 1.165) is 5.69 Å². The van der Waals surface area contributed by atoms with Crippen LogP contribution in [0.5, 0.6) is 0 Å². The molecule has 4 nitrogen and oxygen atoms in total. The Morgan fingerprint density at radius 2 is 1.95 bits per heavy atom. The van der Waals surface area contributed by atoms with Crippen molar-refractivity contribution in [2.75, 3.05) is 5.32 Å². The number of hydrogen-bond acceptors (Lipinski definition) is 4. The lowest BCUT2D eigenvalue weighted by Gasteiger charge is -2.09. The minimum Gasteiger partial charge on any atom is -0.364 e. The van der Waals surface area contributed by atoms with Crippen LogP contribution >= 0.6 is 11.6 Å². The van der Waals surface area contributed by atoms with E-state index >= 15 is 0 Å². The number of rotatable bonds is 3. The maximum atomic E-state index is 12.5. The number of anilines is 1. The Labute approximate surface area is 118 Å². The smallest absolute Gasteiger partial charge is 0.364 e. The second kappa shape index (κ2) is 5.62. The predicted molar refractivity (Wildman–Crippen MR) is 68.3 cm³/mol. The van der Waals surface area contributed by atoms with E-state index in [2.05, 4.69) is 20.3 Å². The van der Waals surface area contributed by atoms with Crippen LogP contribution in [0.3, 0.4) is 0 Å². The third-order valence-corrected chi connectivity index (χ3v) is 2.54. The van der Waals surface area contributed by atoms with Crippen LogP contribution in [0, 0.1) is 6.92 Å². The number of pyridine rings is 1. The molecule has 0 unspecified atom stereocenters. The molecule has 0 amide bonds. The molecule has 2 aromatic rings. The van der Waals surface area contributed by atoms with E-state index in [9.17, 15) is 13.2 Å². The van der Waals surface area contributed by atoms with E-state index in [-0.39, 0.29) is 17.5 Å². The molecule has 1 N–H and O–H groups in total. The van der Waals surface area contributed by atoms with Gasteiger partial charge in [-0.05, 0) is 19.1 Å². The van der Waals surface area contributed by atoms with Crippen molar-refractivity contribution in [2.45, 2.75) is 19.6 Å². The lowest BCUT2D eigenvalue weighted by atomic mass is 10.3. The Morgan fingerprint density at radius 1 is 1.20 bits per heavy atom. The third-order valence-electron chi connectivity index (χ3n) is 2.35. The van der Waals surface area contributed by atoms with Gasteiger partial charge in [0.1, 0.15) is 11.0 Å². The second-order valence-corrected chi connectivity index (χ2v) is 4.41. The number of hydrogen-bond donors (Lipinski definition) is 1. The number of aryl methyl sites for hydroxylation is 1. The van der Waals surface area contributed by atoms with Crippen molar-refractivity contribution in [2.24, 2.45) is 0 Å². The quantitative estimate of drug-likeness (QED) is 0.882. The van der Waals surface area contributed by atoms with E-state index in [1.54, 1.807) is 6.07 Å². The van der Waals surface area contributed by atoms with E-state index in [1.807, 2.05) is 19.1 Å². The Kier molecular flexibility index (Phi) is 4.08. The first kappa shape index (κ1) is 14.5. The van der Waals surface area contributed by atoms with Crippen LogP contribution in [0.2, 0.25) is 5.15 Å². The fraction of sp³-hybridized carbons (Fsp3) is 0.250. The van der Waals surface area contributed by atoms with Crippen LogP contribution in [0.25, 0.3) is 0 Å². The first-order valence-corrected chi connectivity index (χ1v) is 6.00. The Balaban J connectivity index is 2.16. The van der Waals surface area contributed by atoms with Gasteiger partial charge in [0.05, 0.1) is 12.2 Å². The highest BCUT2D eigenvalue weighted by molar-refractivity contribution is 6.29. The maximum Gasteiger partial charge on any atom is 0.451 e. The summed E-state index contributed by atoms with van der Waals surface area (Å²) in [6.45, 7) is 2.07. The lowest BCUT2D eigenvalue weighted by molar-refractivity contribution is -0.144. The number of halogens is 4. The Hall–Kier alpha value is -1.89. The van der Waals surface area contributed by atoms with Gasteiger partial charge in [-0.3, -0.25) is 4.98 Å². The van der Waals surface area contributed by atoms with Crippen LogP contribution in [0.4, 0.5) is 19.0 Å². The van der Waals surface area contributed by atoms with E-state index in [0.29, 0.717) is 5.69 Å². The van der Waals surface area contributed by atoms with Crippen molar-refractivity contribution < 1.29 is 13.2 Å². The number of aromatic nitrogens is 3. The highest BCUT2D eigenvalue weighted by Crippen LogP contribution is 2.28. The normalized spacial score (nSPS) is 11.4. The van der Waals surface area contributed by atoms with E-state index < -0.39 is 12.0 Å². The van der Waals surface area contributed by atoms with Gasteiger partial charge in [0.25, 0.3) is 0 Å². The first-order chi connectivity index (χ1) is 9.34. The molecule has 0 saturated carbocycles. The highest BCUT2D eigenvalue weighted by Gasteiger charge is 2.35. The number of alkyl halides is 3. The van der Waals surface area contributed by atoms with Gasteiger partial charge in [-0.15, -0.1) is 0 Å². The van der Waals surface area contributed by atoms with Crippen LogP contribution in [0.1, 0.15) is 17.2 Å². The zero-order valence-electron chi connectivity index (χ0n) is 10.4. The monoisotopic (exact) mass is 302 g/mol. The largest absolute Gasteiger partial charge is 0.451 e. The fourth-order valence-electron chi connectivity index (χ4n) is 1.51. The van der Waals surface area contributed by atoms with Crippen molar-refractivity contribution in [3.05, 3.63) is 46.6 Å². The van der Waals surface area contributed by atoms with Crippen molar-refractivity contribution in [1.82, 2.24) is 15.0 Å². The first-order valence-electron chi connectivity index (χ1n) is 5.63. The minimum absolute atomic E-state index is 0.000584. The summed E-state index contributed by atoms with van der Waals surface area (Å²) in [6, 6.07) is 6.63. The average Bonchev–Trinajstić information content (AvgIpc) is 2.35. The summed E-state index contributed by atoms with van der Waals surface area (Å²) >= 11 is 5.56. The molecular formula is C12H10ClF3N4. The summed E-state index contributed by atoms with van der Waals surface area (Å²) in [5, 5.41) is 2.47. The molecule has 0 radical (unpaired) electrons. The molecule has 0 spiro atoms. The fourth-order valence-corrected chi connectivity index (χ4v) is 1.70. The molecule has 8 heteroatoms. The molecule has 2 rings (SSSR count). The molecule has 0 bridgehead atoms. The van der Waals surface area contributed by atoms with Gasteiger partial charge >= 0.3 is 6.18 Å². The molecule has 2 heterocycles. The molecule has 2 aromatic heterocycles. The standard InChI is InChI=1S/C12H10ClF3N4/c1-7-3-2-4-8(18-7)6-17-10-5-9(13)19-11(20-10)12(14,15)16/h2-5H,6H2,1H3,(H,17,19,20). The van der Waals surface area contributed by atoms with Gasteiger partial charge in [0.15, 0.2) is 0 Å². The van der Waals surface area contributed by atoms with Crippen LogP contribution in [-0.4, -0.2) is 15.0 Å². The minimum atomic E-state index is -4.64. The second-order valence-electron chi connectivity index (χ2n) is 4.02.